The predicted molar refractivity (Wildman–Crippen MR) is 318 cm³/mol. The van der Waals surface area contributed by atoms with Crippen molar-refractivity contribution < 1.29 is 62.2 Å². The van der Waals surface area contributed by atoms with Crippen LogP contribution in [-0.2, 0) is 56.3 Å². The van der Waals surface area contributed by atoms with Gasteiger partial charge in [-0.2, -0.15) is 0 Å². The average Bonchev–Trinajstić information content (AvgIpc) is 2.24. The van der Waals surface area contributed by atoms with Gasteiger partial charge < -0.3 is 55.0 Å². The number of nitrogen functional groups attached to an aromatic ring is 1. The zero-order valence-corrected chi connectivity index (χ0v) is 48.1. The lowest BCUT2D eigenvalue weighted by Gasteiger charge is -2.19. The number of carboxylic acids is 1. The number of anilines is 1. The van der Waals surface area contributed by atoms with Gasteiger partial charge in [0.2, 0.25) is 0 Å². The van der Waals surface area contributed by atoms with E-state index in [4.69, 9.17) is 44.6 Å². The summed E-state index contributed by atoms with van der Waals surface area (Å²) < 4.78 is 38.8. The zero-order chi connectivity index (χ0) is 60.2. The van der Waals surface area contributed by atoms with Crippen LogP contribution in [0.25, 0.3) is 21.8 Å². The summed E-state index contributed by atoms with van der Waals surface area (Å²) in [5, 5.41) is 13.5. The van der Waals surface area contributed by atoms with Crippen molar-refractivity contribution in [1.29, 1.82) is 0 Å². The summed E-state index contributed by atoms with van der Waals surface area (Å²) in [6.07, 6.45) is 5.56. The van der Waals surface area contributed by atoms with Crippen molar-refractivity contribution in [1.82, 2.24) is 15.3 Å². The van der Waals surface area contributed by atoms with Gasteiger partial charge in [0.25, 0.3) is 0 Å². The molecule has 18 nitrogen and oxygen atoms in total. The molecule has 10 rings (SSSR count). The number of amides is 1. The summed E-state index contributed by atoms with van der Waals surface area (Å²) in [5.41, 5.74) is 15.4. The quantitative estimate of drug-likeness (QED) is 0.0385. The molecule has 0 atom stereocenters. The standard InChI is InChI=1S/C31H30N2O5.C23H21NO6.C12H18N2O2/c1-36-27-17-24-25(18-28(27)37-2)33-13-10-26(24)38-23-8-6-20(7-9-23)15-29(34)31(11-12-31)30(35)16-21-4-3-5-22(14-21)19-32;1-28-19-12-16-17(13-20(19)29-2)24-10-7-18(16)30-15-5-3-14(4-6-15)11-21(25)23(8-9-23)22(26)27;1-12(2,3)16-11(15)14-8-9-4-6-10(13)7-5-9/h3-10,13-14,17-18H,11-12,15-16,19,32H2,1-2H3;3-7,10,12-13H,8-9,11H2,1-2H3,(H,26,27);4-7H,8,13H2,1-3H3,(H,14,15). The van der Waals surface area contributed by atoms with Crippen molar-refractivity contribution in [3.63, 3.8) is 0 Å². The molecule has 0 radical (unpaired) electrons. The van der Waals surface area contributed by atoms with Crippen LogP contribution < -0.4 is 45.2 Å². The van der Waals surface area contributed by atoms with Gasteiger partial charge >= 0.3 is 12.1 Å². The highest BCUT2D eigenvalue weighted by Gasteiger charge is 2.56. The van der Waals surface area contributed by atoms with Gasteiger partial charge in [0.15, 0.2) is 40.3 Å². The first-order chi connectivity index (χ1) is 40.3. The molecule has 2 aliphatic rings. The lowest BCUT2D eigenvalue weighted by atomic mass is 9.87. The van der Waals surface area contributed by atoms with E-state index >= 15 is 0 Å². The van der Waals surface area contributed by atoms with Crippen molar-refractivity contribution in [2.45, 2.75) is 84.4 Å². The van der Waals surface area contributed by atoms with Crippen molar-refractivity contribution in [2.75, 3.05) is 34.2 Å². The molecule has 84 heavy (non-hydrogen) atoms. The third kappa shape index (κ3) is 15.1. The number of Topliss-reactive ketones (excluding diaryl/α,β-unsaturated/α-hetero) is 3. The van der Waals surface area contributed by atoms with Crippen LogP contribution >= 0.6 is 0 Å². The van der Waals surface area contributed by atoms with Crippen molar-refractivity contribution in [3.05, 3.63) is 174 Å². The first-order valence-electron chi connectivity index (χ1n) is 27.3. The number of nitrogens with zero attached hydrogens (tertiary/aromatic N) is 2. The Kier molecular flexibility index (Phi) is 19.2. The van der Waals surface area contributed by atoms with Crippen LogP contribution in [0.3, 0.4) is 0 Å². The highest BCUT2D eigenvalue weighted by molar-refractivity contribution is 6.11. The molecule has 8 aromatic rings. The number of carbonyl (C=O) groups excluding carboxylic acids is 4. The first-order valence-corrected chi connectivity index (χ1v) is 27.3. The van der Waals surface area contributed by atoms with E-state index in [2.05, 4.69) is 15.3 Å². The van der Waals surface area contributed by atoms with Crippen LogP contribution in [-0.4, -0.2) is 78.5 Å². The molecule has 18 heteroatoms. The summed E-state index contributed by atoms with van der Waals surface area (Å²) in [6, 6.07) is 40.3. The molecule has 0 bridgehead atoms. The first kappa shape index (κ1) is 60.5. The minimum atomic E-state index is -1.18. The molecule has 2 saturated carbocycles. The monoisotopic (exact) mass is 1140 g/mol. The number of hydrogen-bond acceptors (Lipinski definition) is 16. The predicted octanol–water partition coefficient (Wildman–Crippen LogP) is 11.5. The Hall–Kier alpha value is -9.55. The number of rotatable bonds is 21. The van der Waals surface area contributed by atoms with Gasteiger partial charge in [0.05, 0.1) is 44.9 Å². The lowest BCUT2D eigenvalue weighted by molar-refractivity contribution is -0.148. The van der Waals surface area contributed by atoms with Crippen molar-refractivity contribution >= 4 is 56.9 Å². The van der Waals surface area contributed by atoms with E-state index in [-0.39, 0.29) is 36.6 Å². The molecular weight excluding hydrogens is 1070 g/mol. The number of fused-ring (bicyclic) bond motifs is 2. The average molecular weight is 1140 g/mol. The van der Waals surface area contributed by atoms with E-state index in [1.807, 2.05) is 93.6 Å². The summed E-state index contributed by atoms with van der Waals surface area (Å²) in [4.78, 5) is 70.0. The van der Waals surface area contributed by atoms with E-state index in [0.29, 0.717) is 96.0 Å². The number of alkyl carbamates (subject to hydrolysis) is 1. The topological polar surface area (TPSA) is 260 Å². The van der Waals surface area contributed by atoms with E-state index in [1.54, 1.807) is 101 Å². The van der Waals surface area contributed by atoms with Crippen LogP contribution in [0.15, 0.2) is 146 Å². The maximum Gasteiger partial charge on any atom is 0.407 e. The molecular formula is C66H69N5O13. The Morgan fingerprint density at radius 2 is 0.940 bits per heavy atom. The van der Waals surface area contributed by atoms with Gasteiger partial charge in [-0.25, -0.2) is 4.79 Å². The van der Waals surface area contributed by atoms with Crippen LogP contribution in [0.1, 0.15) is 74.3 Å². The van der Waals surface area contributed by atoms with Crippen LogP contribution in [0.2, 0.25) is 0 Å². The molecule has 0 spiro atoms. The molecule has 0 unspecified atom stereocenters. The number of nitrogens with one attached hydrogen (secondary N) is 1. The Morgan fingerprint density at radius 1 is 0.524 bits per heavy atom. The summed E-state index contributed by atoms with van der Waals surface area (Å²) >= 11 is 0. The maximum atomic E-state index is 13.2. The summed E-state index contributed by atoms with van der Waals surface area (Å²) in [5.74, 6) is 3.48. The number of benzene rings is 6. The molecule has 6 N–H and O–H groups in total. The number of methoxy groups -OCH3 is 4. The third-order valence-electron chi connectivity index (χ3n) is 14.4. The molecule has 0 saturated heterocycles. The Bertz CT molecular complexity index is 3670. The summed E-state index contributed by atoms with van der Waals surface area (Å²) in [7, 11) is 6.30. The fourth-order valence-electron chi connectivity index (χ4n) is 9.31. The highest BCUT2D eigenvalue weighted by atomic mass is 16.6. The van der Waals surface area contributed by atoms with Crippen LogP contribution in [0, 0.1) is 10.8 Å². The minimum absolute atomic E-state index is 0.00625. The van der Waals surface area contributed by atoms with Gasteiger partial charge in [-0.1, -0.05) is 60.7 Å². The second kappa shape index (κ2) is 26.6. The second-order valence-electron chi connectivity index (χ2n) is 21.4. The number of pyridine rings is 2. The SMILES string of the molecule is CC(C)(C)OC(=O)NCc1ccc(N)cc1.COc1cc2nccc(Oc3ccc(CC(=O)C4(C(=O)Cc5cccc(CN)c5)CC4)cc3)c2cc1OC.COc1cc2nccc(Oc3ccc(CC(=O)C4(C(=O)O)CC4)cc3)c2cc1OC. The van der Waals surface area contributed by atoms with E-state index < -0.39 is 28.5 Å². The van der Waals surface area contributed by atoms with Gasteiger partial charge in [0, 0.05) is 73.3 Å². The molecule has 2 aromatic heterocycles. The zero-order valence-electron chi connectivity index (χ0n) is 48.1. The van der Waals surface area contributed by atoms with Crippen molar-refractivity contribution in [3.8, 4) is 46.0 Å². The Balaban J connectivity index is 0.000000178. The third-order valence-corrected chi connectivity index (χ3v) is 14.4. The number of nitrogens with two attached hydrogens (primary N) is 2. The molecule has 6 aromatic carbocycles. The number of hydrogen-bond donors (Lipinski definition) is 4. The smallest absolute Gasteiger partial charge is 0.407 e. The number of aliphatic carboxylic acids is 1. The minimum Gasteiger partial charge on any atom is -0.493 e. The number of ketones is 3. The molecule has 1 amide bonds. The molecule has 0 aliphatic heterocycles. The Labute approximate surface area is 487 Å². The van der Waals surface area contributed by atoms with Gasteiger partial charge in [-0.15, -0.1) is 0 Å². The Morgan fingerprint density at radius 3 is 1.36 bits per heavy atom. The number of carbonyl (C=O) groups is 5. The van der Waals surface area contributed by atoms with Gasteiger partial charge in [-0.3, -0.25) is 29.1 Å². The fraction of sp³-hybridized carbons (Fsp3) is 0.288. The summed E-state index contributed by atoms with van der Waals surface area (Å²) in [6.45, 7) is 6.35. The van der Waals surface area contributed by atoms with E-state index in [0.717, 1.165) is 44.1 Å². The maximum absolute atomic E-state index is 13.2. The van der Waals surface area contributed by atoms with Crippen LogP contribution in [0.4, 0.5) is 10.5 Å². The highest BCUT2D eigenvalue weighted by Crippen LogP contribution is 2.49. The largest absolute Gasteiger partial charge is 0.493 e. The van der Waals surface area contributed by atoms with E-state index in [9.17, 15) is 29.1 Å². The molecule has 2 heterocycles. The van der Waals surface area contributed by atoms with Gasteiger partial charge in [0.1, 0.15) is 34.0 Å². The second-order valence-corrected chi connectivity index (χ2v) is 21.4. The molecule has 436 valence electrons. The van der Waals surface area contributed by atoms with Gasteiger partial charge in [-0.05, 0) is 135 Å². The van der Waals surface area contributed by atoms with E-state index in [1.165, 1.54) is 0 Å². The number of aromatic nitrogens is 2. The molecule has 2 aliphatic carbocycles. The molecule has 2 fully saturated rings. The lowest BCUT2D eigenvalue weighted by Crippen LogP contribution is -2.32. The number of carboxylic acid groups (broad SMARTS) is 1. The normalized spacial score (nSPS) is 13.3. The number of ether oxygens (including phenoxy) is 7. The van der Waals surface area contributed by atoms with Crippen molar-refractivity contribution in [2.24, 2.45) is 16.6 Å². The fourth-order valence-corrected chi connectivity index (χ4v) is 9.31. The van der Waals surface area contributed by atoms with Crippen LogP contribution in [0.5, 0.6) is 46.0 Å².